The van der Waals surface area contributed by atoms with E-state index < -0.39 is 4.92 Å². The summed E-state index contributed by atoms with van der Waals surface area (Å²) in [6.07, 6.45) is 2.53. The van der Waals surface area contributed by atoms with Crippen molar-refractivity contribution in [2.24, 2.45) is 7.05 Å². The van der Waals surface area contributed by atoms with Crippen molar-refractivity contribution in [3.8, 4) is 0 Å². The average molecular weight is 213 g/mol. The van der Waals surface area contributed by atoms with Gasteiger partial charge in [-0.25, -0.2) is 9.55 Å². The fraction of sp³-hybridized carbons (Fsp3) is 0.375. The number of nitrogens with zero attached hydrogens (tertiary/aromatic N) is 3. The lowest BCUT2D eigenvalue weighted by Gasteiger charge is -1.97. The smallest absolute Gasteiger partial charge is 0.342 e. The molecular weight excluding hydrogens is 202 g/mol. The minimum absolute atomic E-state index is 0.142. The van der Waals surface area contributed by atoms with Crippen LogP contribution in [-0.2, 0) is 7.05 Å². The maximum absolute atomic E-state index is 10.5. The molecular formula is C8H11N3O4. The van der Waals surface area contributed by atoms with Crippen LogP contribution in [0.5, 0.6) is 0 Å². The van der Waals surface area contributed by atoms with Crippen molar-refractivity contribution in [1.82, 2.24) is 9.55 Å². The van der Waals surface area contributed by atoms with E-state index in [1.165, 1.54) is 17.7 Å². The summed E-state index contributed by atoms with van der Waals surface area (Å²) in [5.74, 6) is 0.177. The van der Waals surface area contributed by atoms with Crippen LogP contribution in [0.1, 0.15) is 5.82 Å². The van der Waals surface area contributed by atoms with E-state index in [1.807, 2.05) is 0 Å². The number of aromatic nitrogens is 2. The molecule has 1 rings (SSSR count). The first-order valence-electron chi connectivity index (χ1n) is 4.17. The maximum Gasteiger partial charge on any atom is 0.342 e. The molecule has 1 aromatic heterocycles. The molecule has 82 valence electrons. The van der Waals surface area contributed by atoms with Crippen LogP contribution >= 0.6 is 0 Å². The molecule has 0 aromatic carbocycles. The van der Waals surface area contributed by atoms with Gasteiger partial charge in [-0.1, -0.05) is 0 Å². The molecule has 0 atom stereocenters. The van der Waals surface area contributed by atoms with Crippen LogP contribution in [0, 0.1) is 10.1 Å². The zero-order valence-corrected chi connectivity index (χ0v) is 8.12. The van der Waals surface area contributed by atoms with Gasteiger partial charge in [-0.15, -0.1) is 0 Å². The highest BCUT2D eigenvalue weighted by atomic mass is 16.6. The monoisotopic (exact) mass is 213 g/mol. The zero-order chi connectivity index (χ0) is 11.4. The summed E-state index contributed by atoms with van der Waals surface area (Å²) in [6.45, 7) is -0.617. The molecule has 0 fully saturated rings. The molecule has 0 bridgehead atoms. The number of rotatable bonds is 4. The molecule has 0 spiro atoms. The number of aliphatic hydroxyl groups excluding tert-OH is 2. The summed E-state index contributed by atoms with van der Waals surface area (Å²) in [5.41, 5.74) is 0.346. The van der Waals surface area contributed by atoms with Crippen LogP contribution in [0.2, 0.25) is 0 Å². The Balaban J connectivity index is 3.07. The second-order valence-electron chi connectivity index (χ2n) is 2.91. The van der Waals surface area contributed by atoms with Gasteiger partial charge in [0.15, 0.2) is 0 Å². The van der Waals surface area contributed by atoms with E-state index in [-0.39, 0.29) is 19.0 Å². The van der Waals surface area contributed by atoms with Crippen LogP contribution in [0.3, 0.4) is 0 Å². The van der Waals surface area contributed by atoms with E-state index in [0.29, 0.717) is 11.4 Å². The third kappa shape index (κ3) is 2.39. The molecule has 15 heavy (non-hydrogen) atoms. The second-order valence-corrected chi connectivity index (χ2v) is 2.91. The lowest BCUT2D eigenvalue weighted by atomic mass is 10.3. The normalized spacial score (nSPS) is 10.1. The zero-order valence-electron chi connectivity index (χ0n) is 8.12. The van der Waals surface area contributed by atoms with Gasteiger partial charge in [0, 0.05) is 6.08 Å². The largest absolute Gasteiger partial charge is 0.392 e. The summed E-state index contributed by atoms with van der Waals surface area (Å²) in [7, 11) is 1.49. The van der Waals surface area contributed by atoms with Crippen LogP contribution in [0.15, 0.2) is 11.8 Å². The third-order valence-corrected chi connectivity index (χ3v) is 1.93. The minimum atomic E-state index is -0.554. The van der Waals surface area contributed by atoms with E-state index in [0.717, 1.165) is 6.20 Å². The lowest BCUT2D eigenvalue weighted by Crippen LogP contribution is -2.01. The molecule has 1 aromatic rings. The lowest BCUT2D eigenvalue weighted by molar-refractivity contribution is -0.391. The Kier molecular flexibility index (Phi) is 3.53. The highest BCUT2D eigenvalue weighted by Gasteiger charge is 2.14. The van der Waals surface area contributed by atoms with Crippen molar-refractivity contribution in [1.29, 1.82) is 0 Å². The molecule has 0 unspecified atom stereocenters. The number of nitro groups is 1. The number of hydrogen-bond acceptors (Lipinski definition) is 5. The molecule has 7 heteroatoms. The van der Waals surface area contributed by atoms with Crippen LogP contribution in [0.4, 0.5) is 5.82 Å². The van der Waals surface area contributed by atoms with Gasteiger partial charge in [0.05, 0.1) is 20.3 Å². The third-order valence-electron chi connectivity index (χ3n) is 1.93. The molecule has 1 heterocycles. The molecule has 0 saturated heterocycles. The molecule has 0 amide bonds. The van der Waals surface area contributed by atoms with Crippen LogP contribution in [0.25, 0.3) is 6.08 Å². The maximum atomic E-state index is 10.5. The first kappa shape index (κ1) is 11.3. The predicted molar refractivity (Wildman–Crippen MR) is 52.0 cm³/mol. The minimum Gasteiger partial charge on any atom is -0.392 e. The van der Waals surface area contributed by atoms with E-state index in [1.54, 1.807) is 0 Å². The quantitative estimate of drug-likeness (QED) is 0.528. The van der Waals surface area contributed by atoms with Gasteiger partial charge in [0.2, 0.25) is 5.82 Å². The van der Waals surface area contributed by atoms with Gasteiger partial charge >= 0.3 is 5.82 Å². The highest BCUT2D eigenvalue weighted by molar-refractivity contribution is 5.48. The average Bonchev–Trinajstić information content (AvgIpc) is 2.56. The van der Waals surface area contributed by atoms with Gasteiger partial charge in [0.25, 0.3) is 0 Å². The van der Waals surface area contributed by atoms with Gasteiger partial charge in [-0.3, -0.25) is 0 Å². The summed E-state index contributed by atoms with van der Waals surface area (Å²) < 4.78 is 1.27. The summed E-state index contributed by atoms with van der Waals surface area (Å²) in [6, 6.07) is 0. The van der Waals surface area contributed by atoms with Gasteiger partial charge in [0.1, 0.15) is 6.20 Å². The SMILES string of the molecule is Cn1c([N+](=O)[O-])cnc1C=C(CO)CO. The van der Waals surface area contributed by atoms with E-state index in [4.69, 9.17) is 10.2 Å². The topological polar surface area (TPSA) is 101 Å². The molecule has 0 aliphatic rings. The Morgan fingerprint density at radius 2 is 2.27 bits per heavy atom. The first-order valence-corrected chi connectivity index (χ1v) is 4.17. The first-order chi connectivity index (χ1) is 7.10. The van der Waals surface area contributed by atoms with Crippen LogP contribution < -0.4 is 0 Å². The van der Waals surface area contributed by atoms with Crippen molar-refractivity contribution in [2.45, 2.75) is 0 Å². The van der Waals surface area contributed by atoms with Gasteiger partial charge < -0.3 is 20.3 Å². The fourth-order valence-electron chi connectivity index (χ4n) is 1.04. The van der Waals surface area contributed by atoms with Crippen molar-refractivity contribution < 1.29 is 15.1 Å². The molecule has 2 N–H and O–H groups in total. The van der Waals surface area contributed by atoms with Crippen molar-refractivity contribution in [3.05, 3.63) is 27.7 Å². The summed E-state index contributed by atoms with van der Waals surface area (Å²) in [5, 5.41) is 28.1. The Morgan fingerprint density at radius 1 is 1.67 bits per heavy atom. The van der Waals surface area contributed by atoms with Crippen molar-refractivity contribution in [2.75, 3.05) is 13.2 Å². The van der Waals surface area contributed by atoms with Crippen molar-refractivity contribution >= 4 is 11.9 Å². The summed E-state index contributed by atoms with van der Waals surface area (Å²) >= 11 is 0. The molecule has 0 aliphatic heterocycles. The highest BCUT2D eigenvalue weighted by Crippen LogP contribution is 2.13. The van der Waals surface area contributed by atoms with E-state index >= 15 is 0 Å². The summed E-state index contributed by atoms with van der Waals surface area (Å²) in [4.78, 5) is 13.7. The van der Waals surface area contributed by atoms with E-state index in [9.17, 15) is 10.1 Å². The predicted octanol–water partition coefficient (Wildman–Crippen LogP) is -0.304. The molecule has 0 aliphatic carbocycles. The van der Waals surface area contributed by atoms with Crippen LogP contribution in [-0.4, -0.2) is 37.9 Å². The number of aliphatic hydroxyl groups is 2. The number of hydrogen-bond donors (Lipinski definition) is 2. The number of imidazole rings is 1. The Bertz CT molecular complexity index is 391. The Labute approximate surface area is 85.4 Å². The van der Waals surface area contributed by atoms with Crippen molar-refractivity contribution in [3.63, 3.8) is 0 Å². The van der Waals surface area contributed by atoms with Gasteiger partial charge in [-0.05, 0) is 10.5 Å². The fourth-order valence-corrected chi connectivity index (χ4v) is 1.04. The molecule has 0 saturated carbocycles. The Morgan fingerprint density at radius 3 is 2.67 bits per heavy atom. The second kappa shape index (κ2) is 4.67. The Hall–Kier alpha value is -1.73. The van der Waals surface area contributed by atoms with Gasteiger partial charge in [-0.2, -0.15) is 0 Å². The molecule has 0 radical (unpaired) electrons. The standard InChI is InChI=1S/C8H11N3O4/c1-10-7(2-6(4-12)5-13)9-3-8(10)11(14)15/h2-3,12-13H,4-5H2,1H3. The van der Waals surface area contributed by atoms with E-state index in [2.05, 4.69) is 4.98 Å². The molecule has 7 nitrogen and oxygen atoms in total.